The molecule has 0 bridgehead atoms. The molecule has 0 spiro atoms. The summed E-state index contributed by atoms with van der Waals surface area (Å²) in [5, 5.41) is 8.07. The summed E-state index contributed by atoms with van der Waals surface area (Å²) < 4.78 is 0. The normalized spacial score (nSPS) is 13.7. The molecule has 2 heterocycles. The van der Waals surface area contributed by atoms with E-state index in [1.54, 1.807) is 11.3 Å². The number of carbonyl (C=O) groups excluding carboxylic acids is 2. The second-order valence-electron chi connectivity index (χ2n) is 10.1. The minimum Gasteiger partial charge on any atom is -0.371 e. The van der Waals surface area contributed by atoms with Gasteiger partial charge >= 0.3 is 0 Å². The standard InChI is InChI=1S/C33H35N3O2S/c37-32(24-29-12-7-21-39-29)35-28-13-14-31(30(23-28)33(38)34-18-15-25-8-3-1-4-9-25)36-19-16-27(17-20-36)22-26-10-5-2-6-11-26/h1-14,21,23,27H,15-20,22,24H2,(H,34,38)(H,35,37). The molecule has 1 aliphatic heterocycles. The summed E-state index contributed by atoms with van der Waals surface area (Å²) in [4.78, 5) is 29.4. The van der Waals surface area contributed by atoms with Gasteiger partial charge in [-0.3, -0.25) is 9.59 Å². The molecule has 5 nitrogen and oxygen atoms in total. The van der Waals surface area contributed by atoms with Crippen LogP contribution in [-0.4, -0.2) is 31.4 Å². The highest BCUT2D eigenvalue weighted by Gasteiger charge is 2.24. The SMILES string of the molecule is O=C(Cc1cccs1)Nc1ccc(N2CCC(Cc3ccccc3)CC2)c(C(=O)NCCc2ccccc2)c1. The molecule has 6 heteroatoms. The van der Waals surface area contributed by atoms with Gasteiger partial charge in [-0.1, -0.05) is 66.7 Å². The van der Waals surface area contributed by atoms with E-state index in [1.165, 1.54) is 11.1 Å². The van der Waals surface area contributed by atoms with Gasteiger partial charge < -0.3 is 15.5 Å². The number of amides is 2. The minimum atomic E-state index is -0.110. The Kier molecular flexibility index (Phi) is 9.07. The molecule has 0 unspecified atom stereocenters. The van der Waals surface area contributed by atoms with Crippen LogP contribution in [0.25, 0.3) is 0 Å². The first-order valence-corrected chi connectivity index (χ1v) is 14.6. The quantitative estimate of drug-likeness (QED) is 0.247. The fourth-order valence-corrected chi connectivity index (χ4v) is 5.94. The molecule has 0 aliphatic carbocycles. The van der Waals surface area contributed by atoms with E-state index >= 15 is 0 Å². The van der Waals surface area contributed by atoms with Gasteiger partial charge in [0.1, 0.15) is 0 Å². The number of thiophene rings is 1. The summed E-state index contributed by atoms with van der Waals surface area (Å²) in [6.45, 7) is 2.37. The maximum atomic E-state index is 13.4. The van der Waals surface area contributed by atoms with Gasteiger partial charge in [0, 0.05) is 35.9 Å². The molecular weight excluding hydrogens is 502 g/mol. The van der Waals surface area contributed by atoms with E-state index in [0.29, 0.717) is 30.1 Å². The predicted octanol–water partition coefficient (Wildman–Crippen LogP) is 6.36. The molecule has 2 amide bonds. The van der Waals surface area contributed by atoms with Crippen molar-refractivity contribution in [3.63, 3.8) is 0 Å². The Balaban J connectivity index is 1.27. The second kappa shape index (κ2) is 13.3. The summed E-state index contributed by atoms with van der Waals surface area (Å²) in [5.41, 5.74) is 4.76. The van der Waals surface area contributed by atoms with E-state index in [0.717, 1.165) is 49.3 Å². The number of anilines is 2. The van der Waals surface area contributed by atoms with Gasteiger partial charge in [0.2, 0.25) is 5.91 Å². The lowest BCUT2D eigenvalue weighted by Crippen LogP contribution is -2.36. The van der Waals surface area contributed by atoms with Crippen LogP contribution in [0.5, 0.6) is 0 Å². The molecule has 1 saturated heterocycles. The first kappa shape index (κ1) is 26.7. The number of benzene rings is 3. The van der Waals surface area contributed by atoms with E-state index < -0.39 is 0 Å². The van der Waals surface area contributed by atoms with Crippen LogP contribution < -0.4 is 15.5 Å². The van der Waals surface area contributed by atoms with Crippen LogP contribution in [0.1, 0.15) is 39.2 Å². The highest BCUT2D eigenvalue weighted by Crippen LogP contribution is 2.30. The third-order valence-electron chi connectivity index (χ3n) is 7.30. The van der Waals surface area contributed by atoms with Crippen LogP contribution in [0, 0.1) is 5.92 Å². The molecule has 1 aliphatic rings. The zero-order chi connectivity index (χ0) is 26.9. The third-order valence-corrected chi connectivity index (χ3v) is 8.18. The topological polar surface area (TPSA) is 61.4 Å². The van der Waals surface area contributed by atoms with Gasteiger partial charge in [0.25, 0.3) is 5.91 Å². The van der Waals surface area contributed by atoms with Gasteiger partial charge in [0.05, 0.1) is 12.0 Å². The average Bonchev–Trinajstić information content (AvgIpc) is 3.47. The van der Waals surface area contributed by atoms with Crippen LogP contribution in [0.15, 0.2) is 96.4 Å². The van der Waals surface area contributed by atoms with Gasteiger partial charge in [-0.25, -0.2) is 0 Å². The fraction of sp³-hybridized carbons (Fsp3) is 0.273. The Labute approximate surface area is 234 Å². The van der Waals surface area contributed by atoms with Crippen LogP contribution in [0.4, 0.5) is 11.4 Å². The first-order chi connectivity index (χ1) is 19.1. The van der Waals surface area contributed by atoms with Gasteiger partial charge in [-0.05, 0) is 72.4 Å². The zero-order valence-electron chi connectivity index (χ0n) is 22.1. The van der Waals surface area contributed by atoms with E-state index in [9.17, 15) is 9.59 Å². The summed E-state index contributed by atoms with van der Waals surface area (Å²) in [7, 11) is 0. The van der Waals surface area contributed by atoms with Crippen molar-refractivity contribution < 1.29 is 9.59 Å². The van der Waals surface area contributed by atoms with Crippen molar-refractivity contribution in [2.45, 2.75) is 32.1 Å². The molecule has 1 fully saturated rings. The molecule has 200 valence electrons. The number of carbonyl (C=O) groups is 2. The van der Waals surface area contributed by atoms with Crippen LogP contribution in [0.3, 0.4) is 0 Å². The molecule has 39 heavy (non-hydrogen) atoms. The predicted molar refractivity (Wildman–Crippen MR) is 161 cm³/mol. The Bertz CT molecular complexity index is 1350. The average molecular weight is 538 g/mol. The molecule has 0 saturated carbocycles. The van der Waals surface area contributed by atoms with Crippen molar-refractivity contribution >= 4 is 34.5 Å². The Morgan fingerprint density at radius 2 is 1.56 bits per heavy atom. The van der Waals surface area contributed by atoms with Crippen LogP contribution in [0.2, 0.25) is 0 Å². The number of nitrogens with one attached hydrogen (secondary N) is 2. The smallest absolute Gasteiger partial charge is 0.253 e. The molecule has 3 aromatic carbocycles. The maximum Gasteiger partial charge on any atom is 0.253 e. The van der Waals surface area contributed by atoms with Crippen molar-refractivity contribution in [1.29, 1.82) is 0 Å². The fourth-order valence-electron chi connectivity index (χ4n) is 5.23. The minimum absolute atomic E-state index is 0.0811. The lowest BCUT2D eigenvalue weighted by atomic mass is 9.89. The number of hydrogen-bond acceptors (Lipinski definition) is 4. The Morgan fingerprint density at radius 3 is 2.26 bits per heavy atom. The molecule has 0 radical (unpaired) electrons. The summed E-state index contributed by atoms with van der Waals surface area (Å²) in [6, 6.07) is 30.5. The van der Waals surface area contributed by atoms with Crippen molar-refractivity contribution in [2.75, 3.05) is 29.9 Å². The lowest BCUT2D eigenvalue weighted by Gasteiger charge is -2.35. The monoisotopic (exact) mass is 537 g/mol. The molecule has 0 atom stereocenters. The Morgan fingerprint density at radius 1 is 0.846 bits per heavy atom. The van der Waals surface area contributed by atoms with Gasteiger partial charge in [0.15, 0.2) is 0 Å². The van der Waals surface area contributed by atoms with E-state index in [4.69, 9.17) is 0 Å². The summed E-state index contributed by atoms with van der Waals surface area (Å²) in [5.74, 6) is 0.451. The van der Waals surface area contributed by atoms with Crippen LogP contribution in [-0.2, 0) is 24.1 Å². The van der Waals surface area contributed by atoms with Crippen molar-refractivity contribution in [2.24, 2.45) is 5.92 Å². The van der Waals surface area contributed by atoms with Gasteiger partial charge in [-0.2, -0.15) is 0 Å². The van der Waals surface area contributed by atoms with E-state index in [2.05, 4.69) is 58.0 Å². The van der Waals surface area contributed by atoms with Crippen molar-refractivity contribution in [3.8, 4) is 0 Å². The van der Waals surface area contributed by atoms with Crippen molar-refractivity contribution in [3.05, 3.63) is 118 Å². The number of piperidine rings is 1. The molecule has 4 aromatic rings. The highest BCUT2D eigenvalue weighted by atomic mass is 32.1. The molecule has 1 aromatic heterocycles. The zero-order valence-corrected chi connectivity index (χ0v) is 23.0. The highest BCUT2D eigenvalue weighted by molar-refractivity contribution is 7.10. The summed E-state index contributed by atoms with van der Waals surface area (Å²) >= 11 is 1.57. The number of nitrogens with zero attached hydrogens (tertiary/aromatic N) is 1. The van der Waals surface area contributed by atoms with E-state index in [1.807, 2.05) is 53.9 Å². The Hall–Kier alpha value is -3.90. The molecule has 2 N–H and O–H groups in total. The van der Waals surface area contributed by atoms with Crippen molar-refractivity contribution in [1.82, 2.24) is 5.32 Å². The second-order valence-corrected chi connectivity index (χ2v) is 11.2. The van der Waals surface area contributed by atoms with E-state index in [-0.39, 0.29) is 11.8 Å². The largest absolute Gasteiger partial charge is 0.371 e. The lowest BCUT2D eigenvalue weighted by molar-refractivity contribution is -0.115. The molecule has 5 rings (SSSR count). The maximum absolute atomic E-state index is 13.4. The third kappa shape index (κ3) is 7.58. The van der Waals surface area contributed by atoms with Crippen LogP contribution >= 0.6 is 11.3 Å². The molecular formula is C33H35N3O2S. The number of hydrogen-bond donors (Lipinski definition) is 2. The first-order valence-electron chi connectivity index (χ1n) is 13.7. The number of rotatable bonds is 10. The van der Waals surface area contributed by atoms with Gasteiger partial charge in [-0.15, -0.1) is 11.3 Å². The summed E-state index contributed by atoms with van der Waals surface area (Å²) in [6.07, 6.45) is 4.36.